The summed E-state index contributed by atoms with van der Waals surface area (Å²) < 4.78 is 5.26. The third-order valence-electron chi connectivity index (χ3n) is 2.58. The molecule has 0 spiro atoms. The number of aromatic nitrogens is 1. The van der Waals surface area contributed by atoms with Gasteiger partial charge in [0.2, 0.25) is 11.8 Å². The molecule has 1 aromatic rings. The molecule has 0 radical (unpaired) electrons. The van der Waals surface area contributed by atoms with Crippen LogP contribution in [0.2, 0.25) is 0 Å². The van der Waals surface area contributed by atoms with Crippen molar-refractivity contribution >= 4 is 11.9 Å². The summed E-state index contributed by atoms with van der Waals surface area (Å²) in [7, 11) is 0. The molecule has 0 unspecified atom stereocenters. The highest BCUT2D eigenvalue weighted by atomic mass is 16.4. The van der Waals surface area contributed by atoms with Crippen LogP contribution in [-0.2, 0) is 16.1 Å². The number of aliphatic carboxylic acids is 1. The van der Waals surface area contributed by atoms with E-state index in [1.54, 1.807) is 13.8 Å². The van der Waals surface area contributed by atoms with Gasteiger partial charge in [0.1, 0.15) is 11.2 Å². The summed E-state index contributed by atoms with van der Waals surface area (Å²) in [6, 6.07) is 0. The van der Waals surface area contributed by atoms with Crippen LogP contribution in [0.5, 0.6) is 0 Å². The lowest BCUT2D eigenvalue weighted by atomic mass is 9.93. The van der Waals surface area contributed by atoms with Crippen molar-refractivity contribution in [1.29, 1.82) is 0 Å². The zero-order valence-corrected chi connectivity index (χ0v) is 10.3. The number of carbonyl (C=O) groups excluding carboxylic acids is 1. The van der Waals surface area contributed by atoms with E-state index in [0.29, 0.717) is 11.7 Å². The van der Waals surface area contributed by atoms with Crippen LogP contribution in [0.25, 0.3) is 0 Å². The third kappa shape index (κ3) is 2.83. The molecule has 17 heavy (non-hydrogen) atoms. The van der Waals surface area contributed by atoms with Crippen LogP contribution in [0.3, 0.4) is 0 Å². The Kier molecular flexibility index (Phi) is 3.55. The standard InChI is InChI=1S/C11H16N2O4/c1-6-7(2)17-8(13-6)5-12-9(14)11(3,4)10(15)16/h5H2,1-4H3,(H,12,14)(H,15,16). The largest absolute Gasteiger partial charge is 0.480 e. The summed E-state index contributed by atoms with van der Waals surface area (Å²) in [5.41, 5.74) is -0.705. The molecule has 1 amide bonds. The molecule has 0 aliphatic rings. The van der Waals surface area contributed by atoms with Crippen LogP contribution in [0, 0.1) is 19.3 Å². The maximum Gasteiger partial charge on any atom is 0.318 e. The zero-order chi connectivity index (χ0) is 13.2. The minimum atomic E-state index is -1.46. The van der Waals surface area contributed by atoms with Crippen LogP contribution in [0.15, 0.2) is 4.42 Å². The predicted octanol–water partition coefficient (Wildman–Crippen LogP) is 1.02. The molecule has 0 atom stereocenters. The number of nitrogens with one attached hydrogen (secondary N) is 1. The highest BCUT2D eigenvalue weighted by Crippen LogP contribution is 2.15. The summed E-state index contributed by atoms with van der Waals surface area (Å²) in [4.78, 5) is 26.5. The zero-order valence-electron chi connectivity index (χ0n) is 10.3. The fourth-order valence-electron chi connectivity index (χ4n) is 1.09. The number of hydrogen-bond donors (Lipinski definition) is 2. The lowest BCUT2D eigenvalue weighted by Gasteiger charge is -2.17. The van der Waals surface area contributed by atoms with Gasteiger partial charge in [-0.3, -0.25) is 9.59 Å². The number of rotatable bonds is 4. The minimum Gasteiger partial charge on any atom is -0.480 e. The first-order valence-electron chi connectivity index (χ1n) is 5.19. The van der Waals surface area contributed by atoms with Gasteiger partial charge in [0.05, 0.1) is 12.2 Å². The van der Waals surface area contributed by atoms with Gasteiger partial charge in [-0.05, 0) is 27.7 Å². The molecule has 1 rings (SSSR count). The van der Waals surface area contributed by atoms with Crippen molar-refractivity contribution < 1.29 is 19.1 Å². The van der Waals surface area contributed by atoms with Gasteiger partial charge in [-0.2, -0.15) is 0 Å². The van der Waals surface area contributed by atoms with Crippen LogP contribution in [-0.4, -0.2) is 22.0 Å². The fraction of sp³-hybridized carbons (Fsp3) is 0.545. The molecule has 0 bridgehead atoms. The van der Waals surface area contributed by atoms with Gasteiger partial charge in [0.25, 0.3) is 0 Å². The number of oxazole rings is 1. The second kappa shape index (κ2) is 4.57. The molecular formula is C11H16N2O4. The summed E-state index contributed by atoms with van der Waals surface area (Å²) in [5, 5.41) is 11.3. The Balaban J connectivity index is 2.63. The SMILES string of the molecule is Cc1nc(CNC(=O)C(C)(C)C(=O)O)oc1C. The molecule has 6 heteroatoms. The van der Waals surface area contributed by atoms with Gasteiger partial charge in [-0.25, -0.2) is 4.98 Å². The van der Waals surface area contributed by atoms with Gasteiger partial charge in [0.15, 0.2) is 0 Å². The fourth-order valence-corrected chi connectivity index (χ4v) is 1.09. The molecule has 0 saturated heterocycles. The average molecular weight is 240 g/mol. The molecule has 94 valence electrons. The van der Waals surface area contributed by atoms with Crippen molar-refractivity contribution in [3.63, 3.8) is 0 Å². The number of amides is 1. The topological polar surface area (TPSA) is 92.4 Å². The van der Waals surface area contributed by atoms with Crippen molar-refractivity contribution in [2.75, 3.05) is 0 Å². The Morgan fingerprint density at radius 3 is 2.41 bits per heavy atom. The van der Waals surface area contributed by atoms with E-state index in [0.717, 1.165) is 5.69 Å². The van der Waals surface area contributed by atoms with Crippen molar-refractivity contribution in [2.45, 2.75) is 34.2 Å². The predicted molar refractivity (Wildman–Crippen MR) is 59.2 cm³/mol. The molecule has 1 aromatic heterocycles. The van der Waals surface area contributed by atoms with Gasteiger partial charge in [0, 0.05) is 0 Å². The Hall–Kier alpha value is -1.85. The Morgan fingerprint density at radius 2 is 2.00 bits per heavy atom. The van der Waals surface area contributed by atoms with Crippen LogP contribution < -0.4 is 5.32 Å². The number of carboxylic acids is 1. The molecular weight excluding hydrogens is 224 g/mol. The molecule has 2 N–H and O–H groups in total. The van der Waals surface area contributed by atoms with Gasteiger partial charge in [-0.15, -0.1) is 0 Å². The lowest BCUT2D eigenvalue weighted by molar-refractivity contribution is -0.153. The van der Waals surface area contributed by atoms with Crippen molar-refractivity contribution in [2.24, 2.45) is 5.41 Å². The summed E-state index contributed by atoms with van der Waals surface area (Å²) in [6.45, 7) is 6.35. The molecule has 1 heterocycles. The first kappa shape index (κ1) is 13.2. The maximum atomic E-state index is 11.6. The van der Waals surface area contributed by atoms with Crippen LogP contribution in [0.4, 0.5) is 0 Å². The Morgan fingerprint density at radius 1 is 1.41 bits per heavy atom. The van der Waals surface area contributed by atoms with E-state index in [4.69, 9.17) is 9.52 Å². The number of aryl methyl sites for hydroxylation is 2. The first-order chi connectivity index (χ1) is 7.75. The van der Waals surface area contributed by atoms with Crippen molar-refractivity contribution in [1.82, 2.24) is 10.3 Å². The molecule has 0 aliphatic carbocycles. The average Bonchev–Trinajstić information content (AvgIpc) is 2.54. The van der Waals surface area contributed by atoms with Crippen LogP contribution >= 0.6 is 0 Å². The molecule has 0 saturated carbocycles. The van der Waals surface area contributed by atoms with Gasteiger partial charge >= 0.3 is 5.97 Å². The van der Waals surface area contributed by atoms with E-state index in [1.165, 1.54) is 13.8 Å². The van der Waals surface area contributed by atoms with E-state index in [-0.39, 0.29) is 6.54 Å². The first-order valence-corrected chi connectivity index (χ1v) is 5.19. The van der Waals surface area contributed by atoms with E-state index in [2.05, 4.69) is 10.3 Å². The van der Waals surface area contributed by atoms with E-state index in [9.17, 15) is 9.59 Å². The lowest BCUT2D eigenvalue weighted by Crippen LogP contribution is -2.42. The minimum absolute atomic E-state index is 0.0875. The van der Waals surface area contributed by atoms with E-state index >= 15 is 0 Å². The highest BCUT2D eigenvalue weighted by molar-refractivity contribution is 6.00. The quantitative estimate of drug-likeness (QED) is 0.766. The molecule has 0 aromatic carbocycles. The number of nitrogens with zero attached hydrogens (tertiary/aromatic N) is 1. The van der Waals surface area contributed by atoms with E-state index in [1.807, 2.05) is 0 Å². The molecule has 6 nitrogen and oxygen atoms in total. The number of carboxylic acid groups (broad SMARTS) is 1. The number of carbonyl (C=O) groups is 2. The third-order valence-corrected chi connectivity index (χ3v) is 2.58. The van der Waals surface area contributed by atoms with E-state index < -0.39 is 17.3 Å². The van der Waals surface area contributed by atoms with Crippen molar-refractivity contribution in [3.05, 3.63) is 17.3 Å². The monoisotopic (exact) mass is 240 g/mol. The smallest absolute Gasteiger partial charge is 0.318 e. The molecule has 0 fully saturated rings. The second-order valence-electron chi connectivity index (χ2n) is 4.36. The second-order valence-corrected chi connectivity index (χ2v) is 4.36. The number of hydrogen-bond acceptors (Lipinski definition) is 4. The maximum absolute atomic E-state index is 11.6. The van der Waals surface area contributed by atoms with Gasteiger partial charge in [-0.1, -0.05) is 0 Å². The summed E-state index contributed by atoms with van der Waals surface area (Å²) in [5.74, 6) is -0.686. The van der Waals surface area contributed by atoms with Gasteiger partial charge < -0.3 is 14.8 Å². The summed E-state index contributed by atoms with van der Waals surface area (Å²) in [6.07, 6.45) is 0. The van der Waals surface area contributed by atoms with Crippen molar-refractivity contribution in [3.8, 4) is 0 Å². The normalized spacial score (nSPS) is 11.3. The molecule has 0 aliphatic heterocycles. The van der Waals surface area contributed by atoms with Crippen LogP contribution in [0.1, 0.15) is 31.2 Å². The Bertz CT molecular complexity index is 429. The highest BCUT2D eigenvalue weighted by Gasteiger charge is 2.35. The summed E-state index contributed by atoms with van der Waals surface area (Å²) >= 11 is 0. The Labute approximate surface area is 99.0 Å².